The number of hydrogen-bond donors (Lipinski definition) is 3. The van der Waals surface area contributed by atoms with Crippen LogP contribution in [0.2, 0.25) is 0 Å². The van der Waals surface area contributed by atoms with E-state index in [-0.39, 0.29) is 6.17 Å². The molecule has 1 aromatic heterocycles. The summed E-state index contributed by atoms with van der Waals surface area (Å²) in [6.07, 6.45) is 21.6. The molecular weight excluding hydrogens is 645 g/mol. The lowest BCUT2D eigenvalue weighted by molar-refractivity contribution is -0.0211. The molecule has 3 aliphatic heterocycles. The smallest absolute Gasteiger partial charge is 0.0859 e. The van der Waals surface area contributed by atoms with Crippen molar-refractivity contribution in [1.82, 2.24) is 16.0 Å². The van der Waals surface area contributed by atoms with Crippen LogP contribution in [0, 0.1) is 23.7 Å². The summed E-state index contributed by atoms with van der Waals surface area (Å²) >= 11 is 2.05. The van der Waals surface area contributed by atoms with Gasteiger partial charge in [-0.3, -0.25) is 16.0 Å². The number of rotatable bonds is 4. The number of hydrogen-bond acceptors (Lipinski definition) is 6. The van der Waals surface area contributed by atoms with E-state index < -0.39 is 0 Å². The number of nitrogens with zero attached hydrogens (tertiary/aromatic N) is 1. The maximum atomic E-state index is 7.53. The standard InChI is InChI=1S/C45H56N4OS/c1-3-13-27(14-4-1)43-46-44(28-15-5-2-6-16-28)48-45(47-43)34-20-12-23-37-39(34)33-19-11-22-36(41(33)50-37)49-35-21-9-7-17-29(35)31-25-26-32-30-18-8-10-24-38(30)51-42(32)40(31)49/h1,3-4,8,10,13-14,18,24-26,28-29,33-37,39,41,43-48H,2,5-7,9,11-12,15-17,19-23H2. The van der Waals surface area contributed by atoms with Gasteiger partial charge in [0.15, 0.2) is 0 Å². The van der Waals surface area contributed by atoms with Gasteiger partial charge in [0, 0.05) is 27.4 Å². The predicted octanol–water partition coefficient (Wildman–Crippen LogP) is 9.97. The molecule has 4 heterocycles. The lowest BCUT2D eigenvalue weighted by Crippen LogP contribution is -2.68. The molecular formula is C45H56N4OS. The van der Waals surface area contributed by atoms with Crippen LogP contribution in [-0.4, -0.2) is 36.6 Å². The number of thiophene rings is 1. The fourth-order valence-electron chi connectivity index (χ4n) is 12.9. The molecule has 51 heavy (non-hydrogen) atoms. The molecule has 11 unspecified atom stereocenters. The first-order chi connectivity index (χ1) is 25.3. The molecule has 11 rings (SSSR count). The average molecular weight is 701 g/mol. The molecule has 4 aliphatic carbocycles. The first-order valence-electron chi connectivity index (χ1n) is 21.0. The molecule has 3 aromatic carbocycles. The molecule has 4 saturated carbocycles. The minimum absolute atomic E-state index is 0.190. The quantitative estimate of drug-likeness (QED) is 0.198. The minimum atomic E-state index is 0.190. The van der Waals surface area contributed by atoms with E-state index in [1.807, 2.05) is 11.3 Å². The summed E-state index contributed by atoms with van der Waals surface area (Å²) in [5, 5.41) is 15.4. The second-order valence-electron chi connectivity index (χ2n) is 17.5. The first-order valence-corrected chi connectivity index (χ1v) is 21.8. The van der Waals surface area contributed by atoms with Crippen molar-refractivity contribution < 1.29 is 4.74 Å². The molecule has 7 aliphatic rings. The van der Waals surface area contributed by atoms with E-state index >= 15 is 0 Å². The van der Waals surface area contributed by atoms with Gasteiger partial charge in [-0.1, -0.05) is 106 Å². The zero-order valence-corrected chi connectivity index (χ0v) is 31.0. The van der Waals surface area contributed by atoms with Crippen molar-refractivity contribution in [2.24, 2.45) is 23.7 Å². The first kappa shape index (κ1) is 32.0. The molecule has 4 aromatic rings. The molecule has 3 N–H and O–H groups in total. The highest BCUT2D eigenvalue weighted by molar-refractivity contribution is 7.26. The number of ether oxygens (including phenoxy) is 1. The molecule has 6 fully saturated rings. The molecule has 11 atom stereocenters. The molecule has 6 heteroatoms. The fraction of sp³-hybridized carbons (Fsp3) is 0.600. The highest BCUT2D eigenvalue weighted by Crippen LogP contribution is 2.58. The largest absolute Gasteiger partial charge is 0.372 e. The third-order valence-electron chi connectivity index (χ3n) is 15.0. The highest BCUT2D eigenvalue weighted by atomic mass is 32.1. The summed E-state index contributed by atoms with van der Waals surface area (Å²) in [4.78, 5) is 3.03. The molecule has 268 valence electrons. The van der Waals surface area contributed by atoms with Crippen LogP contribution < -0.4 is 20.9 Å². The average Bonchev–Trinajstić information content (AvgIpc) is 3.88. The van der Waals surface area contributed by atoms with Gasteiger partial charge >= 0.3 is 0 Å². The summed E-state index contributed by atoms with van der Waals surface area (Å²) in [5.41, 5.74) is 4.63. The van der Waals surface area contributed by atoms with E-state index in [1.165, 1.54) is 117 Å². The van der Waals surface area contributed by atoms with Crippen LogP contribution in [0.25, 0.3) is 20.2 Å². The summed E-state index contributed by atoms with van der Waals surface area (Å²) in [6, 6.07) is 26.5. The molecule has 5 nitrogen and oxygen atoms in total. The molecule has 0 amide bonds. The van der Waals surface area contributed by atoms with Crippen LogP contribution in [0.1, 0.15) is 120 Å². The van der Waals surface area contributed by atoms with Crippen molar-refractivity contribution in [1.29, 1.82) is 0 Å². The fourth-order valence-corrected chi connectivity index (χ4v) is 14.2. The summed E-state index contributed by atoms with van der Waals surface area (Å²) in [6.45, 7) is 0. The number of nitrogens with one attached hydrogen (secondary N) is 3. The second-order valence-corrected chi connectivity index (χ2v) is 18.6. The normalized spacial score (nSPS) is 38.4. The lowest BCUT2D eigenvalue weighted by Gasteiger charge is -2.50. The van der Waals surface area contributed by atoms with Crippen molar-refractivity contribution in [3.8, 4) is 0 Å². The van der Waals surface area contributed by atoms with Crippen LogP contribution in [0.3, 0.4) is 0 Å². The van der Waals surface area contributed by atoms with Crippen molar-refractivity contribution in [2.75, 3.05) is 4.90 Å². The second kappa shape index (κ2) is 13.1. The maximum absolute atomic E-state index is 7.53. The van der Waals surface area contributed by atoms with E-state index in [4.69, 9.17) is 4.74 Å². The topological polar surface area (TPSA) is 48.6 Å². The van der Waals surface area contributed by atoms with E-state index in [9.17, 15) is 0 Å². The van der Waals surface area contributed by atoms with Gasteiger partial charge in [-0.25, -0.2) is 0 Å². The van der Waals surface area contributed by atoms with Crippen LogP contribution in [0.4, 0.5) is 5.69 Å². The van der Waals surface area contributed by atoms with Gasteiger partial charge in [-0.2, -0.15) is 0 Å². The monoisotopic (exact) mass is 700 g/mol. The number of fused-ring (bicyclic) bond motifs is 10. The van der Waals surface area contributed by atoms with Gasteiger partial charge in [0.25, 0.3) is 0 Å². The van der Waals surface area contributed by atoms with Crippen LogP contribution in [-0.2, 0) is 4.74 Å². The Morgan fingerprint density at radius 3 is 2.29 bits per heavy atom. The van der Waals surface area contributed by atoms with Gasteiger partial charge in [0.05, 0.1) is 47.1 Å². The van der Waals surface area contributed by atoms with Crippen LogP contribution >= 0.6 is 11.3 Å². The van der Waals surface area contributed by atoms with E-state index in [2.05, 4.69) is 87.6 Å². The summed E-state index contributed by atoms with van der Waals surface area (Å²) < 4.78 is 10.5. The molecule has 2 saturated heterocycles. The van der Waals surface area contributed by atoms with Gasteiger partial charge < -0.3 is 9.64 Å². The van der Waals surface area contributed by atoms with Gasteiger partial charge in [-0.05, 0) is 92.2 Å². The van der Waals surface area contributed by atoms with Crippen molar-refractivity contribution >= 4 is 37.2 Å². The Labute approximate surface area is 308 Å². The minimum Gasteiger partial charge on any atom is -0.372 e. The molecule has 0 bridgehead atoms. The SMILES string of the molecule is c1ccc(C2NC(C3CCCCC3)NC(C3CCCC4OC5C(CCCC5N5c6c(ccc7c6sc6ccccc67)C6CCCCC65)C43)N2)cc1. The summed E-state index contributed by atoms with van der Waals surface area (Å²) in [7, 11) is 0. The zero-order valence-electron chi connectivity index (χ0n) is 30.1. The number of benzene rings is 3. The van der Waals surface area contributed by atoms with Crippen molar-refractivity contribution in [2.45, 2.75) is 145 Å². The highest BCUT2D eigenvalue weighted by Gasteiger charge is 2.57. The predicted molar refractivity (Wildman–Crippen MR) is 210 cm³/mol. The Balaban J connectivity index is 0.938. The van der Waals surface area contributed by atoms with E-state index in [0.717, 1.165) is 0 Å². The maximum Gasteiger partial charge on any atom is 0.0859 e. The number of anilines is 1. The summed E-state index contributed by atoms with van der Waals surface area (Å²) in [5.74, 6) is 3.26. The van der Waals surface area contributed by atoms with Gasteiger partial charge in [0.1, 0.15) is 0 Å². The van der Waals surface area contributed by atoms with E-state index in [0.29, 0.717) is 66.2 Å². The molecule has 0 radical (unpaired) electrons. The molecule has 0 spiro atoms. The van der Waals surface area contributed by atoms with Crippen LogP contribution in [0.15, 0.2) is 66.7 Å². The Bertz CT molecular complexity index is 1870. The Hall–Kier alpha value is -2.48. The third-order valence-corrected chi connectivity index (χ3v) is 16.2. The third kappa shape index (κ3) is 5.28. The van der Waals surface area contributed by atoms with E-state index in [1.54, 1.807) is 16.0 Å². The van der Waals surface area contributed by atoms with Gasteiger partial charge in [0.2, 0.25) is 0 Å². The lowest BCUT2D eigenvalue weighted by atomic mass is 9.65. The zero-order chi connectivity index (χ0) is 33.5. The Kier molecular flexibility index (Phi) is 8.23. The van der Waals surface area contributed by atoms with Crippen molar-refractivity contribution in [3.05, 3.63) is 77.9 Å². The Morgan fingerprint density at radius 2 is 1.37 bits per heavy atom. The van der Waals surface area contributed by atoms with Crippen LogP contribution in [0.5, 0.6) is 0 Å². The Morgan fingerprint density at radius 1 is 0.608 bits per heavy atom. The van der Waals surface area contributed by atoms with Crippen molar-refractivity contribution in [3.63, 3.8) is 0 Å². The van der Waals surface area contributed by atoms with Gasteiger partial charge in [-0.15, -0.1) is 11.3 Å².